The van der Waals surface area contributed by atoms with E-state index in [0.717, 1.165) is 12.0 Å². The van der Waals surface area contributed by atoms with Gasteiger partial charge in [-0.2, -0.15) is 0 Å². The van der Waals surface area contributed by atoms with Crippen molar-refractivity contribution < 1.29 is 4.74 Å². The maximum atomic E-state index is 5.96. The summed E-state index contributed by atoms with van der Waals surface area (Å²) in [5.74, 6) is 1.65. The van der Waals surface area contributed by atoms with Crippen molar-refractivity contribution in [2.75, 3.05) is 17.6 Å². The van der Waals surface area contributed by atoms with Gasteiger partial charge in [-0.05, 0) is 24.1 Å². The average Bonchev–Trinajstić information content (AvgIpc) is 2.73. The summed E-state index contributed by atoms with van der Waals surface area (Å²) in [6.45, 7) is 0.645. The van der Waals surface area contributed by atoms with Gasteiger partial charge in [-0.25, -0.2) is 19.9 Å². The highest BCUT2D eigenvalue weighted by Crippen LogP contribution is 2.31. The molecule has 29 heavy (non-hydrogen) atoms. The third-order valence-electron chi connectivity index (χ3n) is 4.07. The van der Waals surface area contributed by atoms with E-state index >= 15 is 0 Å². The number of halogens is 2. The normalized spacial score (nSPS) is 10.8. The van der Waals surface area contributed by atoms with Crippen molar-refractivity contribution in [3.05, 3.63) is 64.9 Å². The van der Waals surface area contributed by atoms with E-state index in [1.807, 2.05) is 24.3 Å². The number of benzene rings is 1. The molecule has 4 rings (SSSR count). The van der Waals surface area contributed by atoms with Gasteiger partial charge in [-0.3, -0.25) is 4.98 Å². The Bertz CT molecular complexity index is 1160. The second kappa shape index (κ2) is 8.42. The van der Waals surface area contributed by atoms with Crippen LogP contribution in [0.25, 0.3) is 11.2 Å². The number of nitrogens with zero attached hydrogens (tertiary/aromatic N) is 5. The molecule has 0 radical (unpaired) electrons. The summed E-state index contributed by atoms with van der Waals surface area (Å²) in [5.41, 5.74) is 8.40. The fraction of sp³-hybridized carbons (Fsp3) is 0.105. The molecule has 0 bridgehead atoms. The Hall–Kier alpha value is -3.23. The van der Waals surface area contributed by atoms with E-state index in [1.165, 1.54) is 24.9 Å². The first kappa shape index (κ1) is 19.1. The van der Waals surface area contributed by atoms with E-state index < -0.39 is 0 Å². The largest absolute Gasteiger partial charge is 0.454 e. The maximum Gasteiger partial charge on any atom is 0.183 e. The van der Waals surface area contributed by atoms with Crippen LogP contribution in [0, 0.1) is 0 Å². The molecule has 0 spiro atoms. The topological polar surface area (TPSA) is 112 Å². The summed E-state index contributed by atoms with van der Waals surface area (Å²) >= 11 is 11.9. The first-order valence-electron chi connectivity index (χ1n) is 8.63. The van der Waals surface area contributed by atoms with Crippen molar-refractivity contribution in [1.82, 2.24) is 24.9 Å². The van der Waals surface area contributed by atoms with Crippen molar-refractivity contribution in [3.63, 3.8) is 0 Å². The van der Waals surface area contributed by atoms with Crippen molar-refractivity contribution in [2.24, 2.45) is 0 Å². The van der Waals surface area contributed by atoms with E-state index in [1.54, 1.807) is 0 Å². The zero-order valence-electron chi connectivity index (χ0n) is 15.0. The summed E-state index contributed by atoms with van der Waals surface area (Å²) in [6, 6.07) is 7.67. The van der Waals surface area contributed by atoms with Gasteiger partial charge in [0.1, 0.15) is 17.2 Å². The molecule has 0 unspecified atom stereocenters. The van der Waals surface area contributed by atoms with Gasteiger partial charge in [0, 0.05) is 12.7 Å². The highest BCUT2D eigenvalue weighted by atomic mass is 35.5. The molecule has 0 aliphatic carbocycles. The number of nitrogen functional groups attached to an aromatic ring is 1. The van der Waals surface area contributed by atoms with Crippen molar-refractivity contribution in [1.29, 1.82) is 0 Å². The predicted molar refractivity (Wildman–Crippen MR) is 113 cm³/mol. The van der Waals surface area contributed by atoms with Gasteiger partial charge < -0.3 is 15.8 Å². The van der Waals surface area contributed by atoms with Crippen LogP contribution in [-0.2, 0) is 6.42 Å². The second-order valence-electron chi connectivity index (χ2n) is 6.04. The van der Waals surface area contributed by atoms with Crippen LogP contribution < -0.4 is 15.8 Å². The minimum absolute atomic E-state index is 0.293. The van der Waals surface area contributed by atoms with Gasteiger partial charge in [0.15, 0.2) is 22.7 Å². The van der Waals surface area contributed by atoms with Gasteiger partial charge >= 0.3 is 0 Å². The third kappa shape index (κ3) is 4.44. The number of rotatable bonds is 6. The van der Waals surface area contributed by atoms with Crippen LogP contribution in [0.15, 0.2) is 49.2 Å². The van der Waals surface area contributed by atoms with Crippen LogP contribution in [0.2, 0.25) is 10.2 Å². The Morgan fingerprint density at radius 3 is 2.66 bits per heavy atom. The van der Waals surface area contributed by atoms with E-state index in [-0.39, 0.29) is 0 Å². The summed E-state index contributed by atoms with van der Waals surface area (Å²) in [6.07, 6.45) is 6.66. The first-order chi connectivity index (χ1) is 14.1. The zero-order valence-corrected chi connectivity index (χ0v) is 16.5. The zero-order chi connectivity index (χ0) is 20.2. The highest BCUT2D eigenvalue weighted by molar-refractivity contribution is 6.33. The number of hydrogen-bond donors (Lipinski definition) is 2. The number of hydrogen-bond acceptors (Lipinski definition) is 8. The van der Waals surface area contributed by atoms with Gasteiger partial charge in [0.2, 0.25) is 0 Å². The predicted octanol–water partition coefficient (Wildman–Crippen LogP) is 4.15. The molecule has 0 aliphatic rings. The Kier molecular flexibility index (Phi) is 5.55. The highest BCUT2D eigenvalue weighted by Gasteiger charge is 2.08. The van der Waals surface area contributed by atoms with Crippen LogP contribution in [0.5, 0.6) is 11.5 Å². The van der Waals surface area contributed by atoms with Crippen molar-refractivity contribution in [3.8, 4) is 11.5 Å². The molecule has 10 heteroatoms. The minimum atomic E-state index is 0.293. The molecule has 3 aromatic heterocycles. The standard InChI is InChI=1S/C19H15Cl2N7O/c20-13-7-23-8-14(16(13)22)29-12-3-1-11(2-4-12)5-6-24-18-17-19(27-10-26-18)25-9-15(21)28-17/h1-4,7-10H,5-6H2,(H2,22,23)(H,24,25,26,27). The van der Waals surface area contributed by atoms with Crippen LogP contribution in [0.4, 0.5) is 11.5 Å². The molecule has 0 fully saturated rings. The van der Waals surface area contributed by atoms with Gasteiger partial charge in [0.25, 0.3) is 0 Å². The van der Waals surface area contributed by atoms with E-state index in [0.29, 0.717) is 50.9 Å². The fourth-order valence-corrected chi connectivity index (χ4v) is 2.91. The number of nitrogens with two attached hydrogens (primary N) is 1. The summed E-state index contributed by atoms with van der Waals surface area (Å²) in [7, 11) is 0. The summed E-state index contributed by atoms with van der Waals surface area (Å²) in [4.78, 5) is 20.7. The lowest BCUT2D eigenvalue weighted by Crippen LogP contribution is -2.08. The number of anilines is 2. The molecule has 0 aliphatic heterocycles. The van der Waals surface area contributed by atoms with E-state index in [4.69, 9.17) is 33.7 Å². The number of ether oxygens (including phenoxy) is 1. The number of pyridine rings is 1. The molecule has 0 amide bonds. The quantitative estimate of drug-likeness (QED) is 0.471. The Morgan fingerprint density at radius 1 is 1.00 bits per heavy atom. The van der Waals surface area contributed by atoms with Crippen molar-refractivity contribution in [2.45, 2.75) is 6.42 Å². The lowest BCUT2D eigenvalue weighted by Gasteiger charge is -2.10. The lowest BCUT2D eigenvalue weighted by atomic mass is 10.1. The van der Waals surface area contributed by atoms with Crippen LogP contribution in [-0.4, -0.2) is 31.5 Å². The van der Waals surface area contributed by atoms with Crippen LogP contribution in [0.1, 0.15) is 5.56 Å². The molecule has 146 valence electrons. The fourth-order valence-electron chi connectivity index (χ4n) is 2.63. The molecule has 3 heterocycles. The molecule has 8 nitrogen and oxygen atoms in total. The van der Waals surface area contributed by atoms with Gasteiger partial charge in [0.05, 0.1) is 23.1 Å². The minimum Gasteiger partial charge on any atom is -0.454 e. The maximum absolute atomic E-state index is 5.96. The molecular formula is C19H15Cl2N7O. The Labute approximate surface area is 176 Å². The van der Waals surface area contributed by atoms with Crippen molar-refractivity contribution >= 4 is 45.9 Å². The number of aromatic nitrogens is 5. The van der Waals surface area contributed by atoms with Crippen LogP contribution in [0.3, 0.4) is 0 Å². The first-order valence-corrected chi connectivity index (χ1v) is 9.38. The smallest absolute Gasteiger partial charge is 0.183 e. The van der Waals surface area contributed by atoms with E-state index in [2.05, 4.69) is 30.2 Å². The van der Waals surface area contributed by atoms with Gasteiger partial charge in [-0.15, -0.1) is 0 Å². The summed E-state index contributed by atoms with van der Waals surface area (Å²) < 4.78 is 5.75. The molecule has 0 saturated carbocycles. The van der Waals surface area contributed by atoms with Gasteiger partial charge in [-0.1, -0.05) is 35.3 Å². The Morgan fingerprint density at radius 2 is 1.83 bits per heavy atom. The third-order valence-corrected chi connectivity index (χ3v) is 4.56. The molecule has 0 atom stereocenters. The number of fused-ring (bicyclic) bond motifs is 1. The molecule has 4 aromatic rings. The van der Waals surface area contributed by atoms with Crippen LogP contribution >= 0.6 is 23.2 Å². The molecule has 1 aromatic carbocycles. The molecule has 3 N–H and O–H groups in total. The SMILES string of the molecule is Nc1c(Cl)cncc1Oc1ccc(CCNc2ncnc3ncc(Cl)nc23)cc1. The number of nitrogens with one attached hydrogen (secondary N) is 1. The molecule has 0 saturated heterocycles. The lowest BCUT2D eigenvalue weighted by molar-refractivity contribution is 0.482. The monoisotopic (exact) mass is 427 g/mol. The van der Waals surface area contributed by atoms with E-state index in [9.17, 15) is 0 Å². The second-order valence-corrected chi connectivity index (χ2v) is 6.84. The Balaban J connectivity index is 1.39. The summed E-state index contributed by atoms with van der Waals surface area (Å²) in [5, 5.41) is 3.90. The molecular weight excluding hydrogens is 413 g/mol. The average molecular weight is 428 g/mol.